The van der Waals surface area contributed by atoms with Gasteiger partial charge in [0.2, 0.25) is 35.4 Å². The molecule has 52 heavy (non-hydrogen) atoms. The monoisotopic (exact) mass is 732 g/mol. The molecule has 6 amide bonds. The molecule has 7 unspecified atom stereocenters. The number of carbonyl (C=O) groups is 6. The first-order chi connectivity index (χ1) is 24.6. The van der Waals surface area contributed by atoms with Crippen molar-refractivity contribution in [2.45, 2.75) is 122 Å². The van der Waals surface area contributed by atoms with Crippen LogP contribution in [0, 0.1) is 11.8 Å². The van der Waals surface area contributed by atoms with E-state index in [0.29, 0.717) is 50.6 Å². The van der Waals surface area contributed by atoms with Crippen LogP contribution in [0.5, 0.6) is 5.75 Å². The smallest absolute Gasteiger partial charge is 0.246 e. The molecule has 2 rings (SSSR count). The molecule has 0 saturated carbocycles. The lowest BCUT2D eigenvalue weighted by molar-refractivity contribution is -0.143. The molecule has 0 aliphatic carbocycles. The first-order valence-corrected chi connectivity index (χ1v) is 18.3. The number of aromatic hydroxyl groups is 1. The van der Waals surface area contributed by atoms with Crippen molar-refractivity contribution in [3.05, 3.63) is 29.8 Å². The van der Waals surface area contributed by atoms with Gasteiger partial charge in [0.15, 0.2) is 0 Å². The molecule has 0 bridgehead atoms. The summed E-state index contributed by atoms with van der Waals surface area (Å²) >= 11 is 0. The molecule has 292 valence electrons. The number of likely N-dealkylation sites (tertiary alicyclic amines) is 1. The van der Waals surface area contributed by atoms with Gasteiger partial charge in [0.25, 0.3) is 0 Å². The second-order valence-electron chi connectivity index (χ2n) is 14.1. The zero-order valence-electron chi connectivity index (χ0n) is 30.9. The number of nitrogens with one attached hydrogen (secondary N) is 4. The zero-order valence-corrected chi connectivity index (χ0v) is 30.9. The Morgan fingerprint density at radius 3 is 2.17 bits per heavy atom. The number of hydrogen-bond donors (Lipinski definition) is 9. The first-order valence-electron chi connectivity index (χ1n) is 18.3. The maximum absolute atomic E-state index is 14.0. The second-order valence-corrected chi connectivity index (χ2v) is 14.1. The fourth-order valence-corrected chi connectivity index (χ4v) is 6.16. The van der Waals surface area contributed by atoms with Crippen LogP contribution in [0.4, 0.5) is 0 Å². The van der Waals surface area contributed by atoms with E-state index in [1.54, 1.807) is 12.1 Å². The van der Waals surface area contributed by atoms with Crippen LogP contribution in [0.2, 0.25) is 0 Å². The van der Waals surface area contributed by atoms with Gasteiger partial charge in [-0.05, 0) is 68.2 Å². The number of phenols is 1. The molecule has 1 aliphatic rings. The van der Waals surface area contributed by atoms with Crippen LogP contribution < -0.4 is 38.5 Å². The Balaban J connectivity index is 2.32. The lowest BCUT2D eigenvalue weighted by Crippen LogP contribution is -2.60. The third kappa shape index (κ3) is 14.0. The molecule has 1 fully saturated rings. The van der Waals surface area contributed by atoms with Gasteiger partial charge >= 0.3 is 0 Å². The molecular weight excluding hydrogens is 672 g/mol. The zero-order chi connectivity index (χ0) is 39.0. The summed E-state index contributed by atoms with van der Waals surface area (Å²) in [6, 6.07) is 0.0464. The average Bonchev–Trinajstić information content (AvgIpc) is 3.59. The Morgan fingerprint density at radius 1 is 0.923 bits per heavy atom. The van der Waals surface area contributed by atoms with Crippen molar-refractivity contribution in [1.29, 1.82) is 0 Å². The summed E-state index contributed by atoms with van der Waals surface area (Å²) in [5.74, 6) is -4.02. The molecule has 1 aromatic rings. The van der Waals surface area contributed by atoms with E-state index in [4.69, 9.17) is 17.2 Å². The lowest BCUT2D eigenvalue weighted by Gasteiger charge is -2.31. The Hall–Kier alpha value is -4.28. The number of rotatable bonds is 22. The summed E-state index contributed by atoms with van der Waals surface area (Å²) in [7, 11) is 0. The third-order valence-corrected chi connectivity index (χ3v) is 9.29. The van der Waals surface area contributed by atoms with E-state index in [1.807, 2.05) is 27.7 Å². The minimum atomic E-state index is -1.36. The molecule has 0 radical (unpaired) electrons. The van der Waals surface area contributed by atoms with Crippen molar-refractivity contribution in [3.8, 4) is 5.75 Å². The first kappa shape index (κ1) is 43.9. The highest BCUT2D eigenvalue weighted by Gasteiger charge is 2.40. The molecule has 16 heteroatoms. The quantitative estimate of drug-likeness (QED) is 0.0675. The predicted molar refractivity (Wildman–Crippen MR) is 195 cm³/mol. The van der Waals surface area contributed by atoms with Crippen LogP contribution in [0.1, 0.15) is 84.6 Å². The van der Waals surface area contributed by atoms with E-state index in [2.05, 4.69) is 21.3 Å². The molecule has 1 saturated heterocycles. The number of unbranched alkanes of at least 4 members (excludes halogenated alkanes) is 1. The number of phenolic OH excluding ortho intramolecular Hbond substituents is 1. The fourth-order valence-electron chi connectivity index (χ4n) is 6.16. The van der Waals surface area contributed by atoms with Crippen LogP contribution in [0.25, 0.3) is 0 Å². The maximum Gasteiger partial charge on any atom is 0.246 e. The molecule has 1 aliphatic heterocycles. The number of amides is 6. The SMILES string of the molecule is CCC(C)C(NC(=O)C(Cc1ccc(O)cc1)NC(=O)C1CCCN1C(=O)C(CC(N)=O)NC(=O)C(N)CCCCN)C(=O)NC(CO)CC(C)C. The van der Waals surface area contributed by atoms with Crippen molar-refractivity contribution in [3.63, 3.8) is 0 Å². The number of hydrogen-bond acceptors (Lipinski definition) is 10. The van der Waals surface area contributed by atoms with Gasteiger partial charge < -0.3 is 53.6 Å². The number of aliphatic hydroxyl groups excluding tert-OH is 1. The summed E-state index contributed by atoms with van der Waals surface area (Å²) in [5.41, 5.74) is 17.5. The van der Waals surface area contributed by atoms with Gasteiger partial charge in [-0.15, -0.1) is 0 Å². The third-order valence-electron chi connectivity index (χ3n) is 9.29. The highest BCUT2D eigenvalue weighted by Crippen LogP contribution is 2.21. The number of nitrogens with zero attached hydrogens (tertiary/aromatic N) is 1. The lowest BCUT2D eigenvalue weighted by atomic mass is 9.96. The van der Waals surface area contributed by atoms with Gasteiger partial charge in [0, 0.05) is 13.0 Å². The van der Waals surface area contributed by atoms with E-state index >= 15 is 0 Å². The summed E-state index contributed by atoms with van der Waals surface area (Å²) in [4.78, 5) is 81.1. The summed E-state index contributed by atoms with van der Waals surface area (Å²) in [6.45, 7) is 7.93. The molecule has 0 spiro atoms. The Labute approximate surface area is 306 Å². The van der Waals surface area contributed by atoms with E-state index in [9.17, 15) is 39.0 Å². The van der Waals surface area contributed by atoms with Crippen molar-refractivity contribution < 1.29 is 39.0 Å². The summed E-state index contributed by atoms with van der Waals surface area (Å²) < 4.78 is 0. The van der Waals surface area contributed by atoms with Crippen molar-refractivity contribution in [1.82, 2.24) is 26.2 Å². The van der Waals surface area contributed by atoms with E-state index in [1.165, 1.54) is 17.0 Å². The highest BCUT2D eigenvalue weighted by atomic mass is 16.3. The summed E-state index contributed by atoms with van der Waals surface area (Å²) in [6.07, 6.45) is 2.81. The van der Waals surface area contributed by atoms with Gasteiger partial charge in [-0.2, -0.15) is 0 Å². The van der Waals surface area contributed by atoms with Gasteiger partial charge in [0.1, 0.15) is 29.9 Å². The Morgan fingerprint density at radius 2 is 1.60 bits per heavy atom. The van der Waals surface area contributed by atoms with Crippen LogP contribution in [0.15, 0.2) is 24.3 Å². The minimum Gasteiger partial charge on any atom is -0.508 e. The van der Waals surface area contributed by atoms with Gasteiger partial charge in [0.05, 0.1) is 25.1 Å². The van der Waals surface area contributed by atoms with Crippen LogP contribution >= 0.6 is 0 Å². The molecule has 1 heterocycles. The van der Waals surface area contributed by atoms with Crippen LogP contribution in [0.3, 0.4) is 0 Å². The molecule has 7 atom stereocenters. The molecular formula is C36H60N8O8. The largest absolute Gasteiger partial charge is 0.508 e. The predicted octanol–water partition coefficient (Wildman–Crippen LogP) is -0.719. The topological polar surface area (TPSA) is 272 Å². The Bertz CT molecular complexity index is 1340. The van der Waals surface area contributed by atoms with Crippen LogP contribution in [-0.2, 0) is 35.2 Å². The van der Waals surface area contributed by atoms with E-state index < -0.39 is 78.1 Å². The van der Waals surface area contributed by atoms with Gasteiger partial charge in [-0.1, -0.05) is 52.7 Å². The van der Waals surface area contributed by atoms with Gasteiger partial charge in [-0.3, -0.25) is 28.8 Å². The minimum absolute atomic E-state index is 0.0105. The standard InChI is InChI=1S/C36H60N8O8/c1-5-22(4)31(35(51)40-24(20-45)17-21(2)3)43-33(49)27(18-23-11-13-25(46)14-12-23)41-34(50)29-10-8-16-44(29)36(52)28(19-30(39)47)42-32(48)26(38)9-6-7-15-37/h11-14,21-22,24,26-29,31,45-46H,5-10,15-20,37-38H2,1-4H3,(H2,39,47)(H,40,51)(H,41,50)(H,42,48)(H,43,49). The number of aliphatic hydroxyl groups is 1. The van der Waals surface area contributed by atoms with E-state index in [-0.39, 0.29) is 43.6 Å². The van der Waals surface area contributed by atoms with Crippen molar-refractivity contribution in [2.75, 3.05) is 19.7 Å². The highest BCUT2D eigenvalue weighted by molar-refractivity contribution is 5.97. The number of benzene rings is 1. The number of nitrogens with two attached hydrogens (primary N) is 3. The van der Waals surface area contributed by atoms with E-state index in [0.717, 1.165) is 0 Å². The van der Waals surface area contributed by atoms with Crippen molar-refractivity contribution >= 4 is 35.4 Å². The Kier molecular flexibility index (Phi) is 18.5. The fraction of sp³-hybridized carbons (Fsp3) is 0.667. The average molecular weight is 733 g/mol. The van der Waals surface area contributed by atoms with Crippen LogP contribution in [-0.4, -0.2) is 107 Å². The maximum atomic E-state index is 14.0. The molecule has 1 aromatic carbocycles. The van der Waals surface area contributed by atoms with Crippen molar-refractivity contribution in [2.24, 2.45) is 29.0 Å². The van der Waals surface area contributed by atoms with Gasteiger partial charge in [-0.25, -0.2) is 0 Å². The molecule has 0 aromatic heterocycles. The molecule has 16 nitrogen and oxygen atoms in total. The number of primary amides is 1. The normalized spacial score (nSPS) is 17.7. The summed E-state index contributed by atoms with van der Waals surface area (Å²) in [5, 5.41) is 30.6. The number of carbonyl (C=O) groups excluding carboxylic acids is 6. The molecule has 12 N–H and O–H groups in total. The second kappa shape index (κ2) is 21.9.